The molecule has 2 atom stereocenters. The number of nitrogens with two attached hydrogens (primary N) is 1. The Bertz CT molecular complexity index is 791. The van der Waals surface area contributed by atoms with Gasteiger partial charge in [-0.15, -0.1) is 11.8 Å². The third-order valence-electron chi connectivity index (χ3n) is 5.78. The van der Waals surface area contributed by atoms with Gasteiger partial charge in [0.25, 0.3) is 0 Å². The smallest absolute Gasteiger partial charge is 0.232 e. The van der Waals surface area contributed by atoms with E-state index in [0.717, 1.165) is 23.3 Å². The molecule has 1 saturated heterocycles. The topological polar surface area (TPSA) is 79.5 Å². The molecule has 1 aromatic heterocycles. The van der Waals surface area contributed by atoms with Crippen LogP contribution in [-0.2, 0) is 10.2 Å². The molecule has 1 spiro atoms. The summed E-state index contributed by atoms with van der Waals surface area (Å²) in [4.78, 5) is 19.5. The summed E-state index contributed by atoms with van der Waals surface area (Å²) in [6, 6.07) is 11.6. The summed E-state index contributed by atoms with van der Waals surface area (Å²) in [7, 11) is 0. The average Bonchev–Trinajstić information content (AvgIpc) is 2.90. The van der Waals surface area contributed by atoms with E-state index in [1.54, 1.807) is 12.4 Å². The van der Waals surface area contributed by atoms with E-state index in [4.69, 9.17) is 5.73 Å². The lowest BCUT2D eigenvalue weighted by Crippen LogP contribution is -2.50. The highest BCUT2D eigenvalue weighted by atomic mass is 32.2. The van der Waals surface area contributed by atoms with E-state index >= 15 is 0 Å². The molecule has 1 amide bonds. The molecule has 1 aliphatic heterocycles. The maximum absolute atomic E-state index is 12.6. The third kappa shape index (κ3) is 2.92. The Morgan fingerprint density at radius 3 is 2.65 bits per heavy atom. The molecule has 1 aromatic carbocycles. The minimum Gasteiger partial charge on any atom is -0.390 e. The quantitative estimate of drug-likeness (QED) is 0.810. The van der Waals surface area contributed by atoms with Gasteiger partial charge in [-0.2, -0.15) is 0 Å². The van der Waals surface area contributed by atoms with Gasteiger partial charge in [0, 0.05) is 35.8 Å². The summed E-state index contributed by atoms with van der Waals surface area (Å²) in [6.07, 6.45) is 4.40. The molecule has 0 unspecified atom stereocenters. The summed E-state index contributed by atoms with van der Waals surface area (Å²) >= 11 is 1.53. The number of likely N-dealkylation sites (tertiary alicyclic amines) is 1. The second-order valence-electron chi connectivity index (χ2n) is 7.07. The van der Waals surface area contributed by atoms with E-state index in [-0.39, 0.29) is 17.4 Å². The summed E-state index contributed by atoms with van der Waals surface area (Å²) in [6.45, 7) is 1.32. The Morgan fingerprint density at radius 1 is 1.23 bits per heavy atom. The lowest BCUT2D eigenvalue weighted by atomic mass is 9.72. The zero-order valence-corrected chi connectivity index (χ0v) is 15.4. The minimum absolute atomic E-state index is 0.145. The number of aliphatic hydroxyl groups excluding tert-OH is 1. The molecule has 2 aliphatic rings. The fourth-order valence-electron chi connectivity index (χ4n) is 4.31. The Balaban J connectivity index is 1.42. The molecule has 0 saturated carbocycles. The lowest BCUT2D eigenvalue weighted by Gasteiger charge is -2.42. The summed E-state index contributed by atoms with van der Waals surface area (Å²) in [5, 5.41) is 10.8. The van der Waals surface area contributed by atoms with Crippen LogP contribution in [0.2, 0.25) is 0 Å². The van der Waals surface area contributed by atoms with Crippen molar-refractivity contribution in [3.05, 3.63) is 59.9 Å². The first-order valence-electron chi connectivity index (χ1n) is 8.95. The van der Waals surface area contributed by atoms with Crippen molar-refractivity contribution in [1.82, 2.24) is 9.88 Å². The molecule has 136 valence electrons. The van der Waals surface area contributed by atoms with Gasteiger partial charge < -0.3 is 15.7 Å². The number of nitrogens with zero attached hydrogens (tertiary/aromatic N) is 2. The number of pyridine rings is 1. The number of rotatable bonds is 3. The van der Waals surface area contributed by atoms with Crippen LogP contribution in [0.15, 0.2) is 53.7 Å². The van der Waals surface area contributed by atoms with Gasteiger partial charge in [-0.05, 0) is 36.1 Å². The molecule has 2 heterocycles. The predicted octanol–water partition coefficient (Wildman–Crippen LogP) is 2.11. The van der Waals surface area contributed by atoms with Gasteiger partial charge >= 0.3 is 0 Å². The monoisotopic (exact) mass is 369 g/mol. The van der Waals surface area contributed by atoms with Crippen LogP contribution >= 0.6 is 11.8 Å². The molecule has 6 heteroatoms. The summed E-state index contributed by atoms with van der Waals surface area (Å²) in [5.41, 5.74) is 8.16. The number of aromatic nitrogens is 1. The SMILES string of the molecule is N[C@H]1c2ccccc2C2(CCN(C(=O)CSc3ccncc3)CC2)[C@@H]1O. The predicted molar refractivity (Wildman–Crippen MR) is 102 cm³/mol. The normalized spacial score (nSPS) is 23.8. The molecule has 26 heavy (non-hydrogen) atoms. The minimum atomic E-state index is -0.580. The molecule has 4 rings (SSSR count). The standard InChI is InChI=1S/C20H23N3O2S/c21-18-15-3-1-2-4-16(15)20(19(18)25)7-11-23(12-8-20)17(24)13-26-14-5-9-22-10-6-14/h1-6,9-10,18-19,25H,7-8,11-13,21H2/t18-,19+/m0/s1. The number of piperidine rings is 1. The molecule has 0 bridgehead atoms. The van der Waals surface area contributed by atoms with Gasteiger partial charge in [-0.1, -0.05) is 24.3 Å². The molecule has 5 nitrogen and oxygen atoms in total. The first-order chi connectivity index (χ1) is 12.6. The Kier molecular flexibility index (Phi) is 4.73. The zero-order chi connectivity index (χ0) is 18.1. The number of hydrogen-bond donors (Lipinski definition) is 2. The van der Waals surface area contributed by atoms with Gasteiger partial charge in [0.1, 0.15) is 0 Å². The fourth-order valence-corrected chi connectivity index (χ4v) is 5.09. The van der Waals surface area contributed by atoms with E-state index in [1.807, 2.05) is 35.2 Å². The summed E-state index contributed by atoms with van der Waals surface area (Å²) in [5.74, 6) is 0.571. The van der Waals surface area contributed by atoms with Crippen LogP contribution in [0.1, 0.15) is 30.0 Å². The van der Waals surface area contributed by atoms with Crippen LogP contribution in [0.5, 0.6) is 0 Å². The number of amides is 1. The first-order valence-corrected chi connectivity index (χ1v) is 9.94. The molecule has 0 radical (unpaired) electrons. The largest absolute Gasteiger partial charge is 0.390 e. The Labute approximate surface area is 157 Å². The van der Waals surface area contributed by atoms with E-state index in [1.165, 1.54) is 17.3 Å². The number of thioether (sulfide) groups is 1. The van der Waals surface area contributed by atoms with Crippen molar-refractivity contribution < 1.29 is 9.90 Å². The molecular formula is C20H23N3O2S. The van der Waals surface area contributed by atoms with Crippen LogP contribution < -0.4 is 5.73 Å². The zero-order valence-electron chi connectivity index (χ0n) is 14.5. The van der Waals surface area contributed by atoms with Crippen molar-refractivity contribution in [2.45, 2.75) is 35.3 Å². The fraction of sp³-hybridized carbons (Fsp3) is 0.400. The molecule has 1 fully saturated rings. The second kappa shape index (κ2) is 7.02. The third-order valence-corrected chi connectivity index (χ3v) is 6.78. The van der Waals surface area contributed by atoms with Crippen LogP contribution in [0, 0.1) is 0 Å². The maximum Gasteiger partial charge on any atom is 0.232 e. The number of fused-ring (bicyclic) bond motifs is 2. The highest BCUT2D eigenvalue weighted by Gasteiger charge is 2.51. The van der Waals surface area contributed by atoms with Crippen LogP contribution in [0.25, 0.3) is 0 Å². The number of benzene rings is 1. The summed E-state index contributed by atoms with van der Waals surface area (Å²) < 4.78 is 0. The van der Waals surface area contributed by atoms with Crippen molar-refractivity contribution in [1.29, 1.82) is 0 Å². The number of carbonyl (C=O) groups excluding carboxylic acids is 1. The van der Waals surface area contributed by atoms with E-state index in [0.29, 0.717) is 18.8 Å². The Morgan fingerprint density at radius 2 is 1.92 bits per heavy atom. The van der Waals surface area contributed by atoms with Crippen LogP contribution in [0.4, 0.5) is 0 Å². The van der Waals surface area contributed by atoms with Crippen molar-refractivity contribution in [2.75, 3.05) is 18.8 Å². The van der Waals surface area contributed by atoms with E-state index in [2.05, 4.69) is 11.1 Å². The highest BCUT2D eigenvalue weighted by Crippen LogP contribution is 2.50. The number of aliphatic hydroxyl groups is 1. The number of carbonyl (C=O) groups is 1. The van der Waals surface area contributed by atoms with E-state index < -0.39 is 6.10 Å². The van der Waals surface area contributed by atoms with Crippen molar-refractivity contribution in [3.8, 4) is 0 Å². The van der Waals surface area contributed by atoms with Crippen molar-refractivity contribution >= 4 is 17.7 Å². The number of hydrogen-bond acceptors (Lipinski definition) is 5. The van der Waals surface area contributed by atoms with Crippen molar-refractivity contribution in [3.63, 3.8) is 0 Å². The lowest BCUT2D eigenvalue weighted by molar-refractivity contribution is -0.130. The van der Waals surface area contributed by atoms with Crippen molar-refractivity contribution in [2.24, 2.45) is 5.73 Å². The van der Waals surface area contributed by atoms with Gasteiger partial charge in [0.2, 0.25) is 5.91 Å². The van der Waals surface area contributed by atoms with Crippen LogP contribution in [-0.4, -0.2) is 45.8 Å². The van der Waals surface area contributed by atoms with Gasteiger partial charge in [0.05, 0.1) is 17.9 Å². The highest BCUT2D eigenvalue weighted by molar-refractivity contribution is 8.00. The van der Waals surface area contributed by atoms with Gasteiger partial charge in [0.15, 0.2) is 0 Å². The Hall–Kier alpha value is -1.89. The molecule has 1 aliphatic carbocycles. The first kappa shape index (κ1) is 17.5. The average molecular weight is 369 g/mol. The van der Waals surface area contributed by atoms with Gasteiger partial charge in [-0.25, -0.2) is 0 Å². The van der Waals surface area contributed by atoms with Crippen LogP contribution in [0.3, 0.4) is 0 Å². The molecular weight excluding hydrogens is 346 g/mol. The molecule has 3 N–H and O–H groups in total. The van der Waals surface area contributed by atoms with Gasteiger partial charge in [-0.3, -0.25) is 9.78 Å². The maximum atomic E-state index is 12.6. The second-order valence-corrected chi connectivity index (χ2v) is 8.12. The van der Waals surface area contributed by atoms with E-state index in [9.17, 15) is 9.90 Å². The molecule has 2 aromatic rings.